The summed E-state index contributed by atoms with van der Waals surface area (Å²) >= 11 is 1.24. The number of nitriles is 1. The Kier molecular flexibility index (Phi) is 4.52. The molecule has 0 aliphatic carbocycles. The fourth-order valence-electron chi connectivity index (χ4n) is 1.26. The van der Waals surface area contributed by atoms with Gasteiger partial charge in [-0.25, -0.2) is 0 Å². The van der Waals surface area contributed by atoms with E-state index in [1.165, 1.54) is 11.5 Å². The Morgan fingerprint density at radius 1 is 1.62 bits per heavy atom. The van der Waals surface area contributed by atoms with Gasteiger partial charge >= 0.3 is 0 Å². The average molecular weight is 239 g/mol. The molecule has 1 unspecified atom stereocenters. The third-order valence-electron chi connectivity index (χ3n) is 2.22. The van der Waals surface area contributed by atoms with Gasteiger partial charge < -0.3 is 16.0 Å². The van der Waals surface area contributed by atoms with Gasteiger partial charge in [-0.1, -0.05) is 0 Å². The molecule has 0 aliphatic rings. The summed E-state index contributed by atoms with van der Waals surface area (Å²) in [6.07, 6.45) is 1.01. The maximum Gasteiger partial charge on any atom is 0.157 e. The van der Waals surface area contributed by atoms with Crippen molar-refractivity contribution in [3.05, 3.63) is 5.56 Å². The summed E-state index contributed by atoms with van der Waals surface area (Å²) in [7, 11) is 4.08. The molecule has 0 bridgehead atoms. The second kappa shape index (κ2) is 5.68. The monoisotopic (exact) mass is 239 g/mol. The molecule has 1 atom stereocenters. The van der Waals surface area contributed by atoms with Gasteiger partial charge in [-0.2, -0.15) is 9.64 Å². The van der Waals surface area contributed by atoms with Crippen molar-refractivity contribution in [3.63, 3.8) is 0 Å². The lowest BCUT2D eigenvalue weighted by Gasteiger charge is -2.16. The Labute approximate surface area is 100 Å². The van der Waals surface area contributed by atoms with E-state index in [4.69, 9.17) is 11.0 Å². The van der Waals surface area contributed by atoms with Crippen LogP contribution in [0.2, 0.25) is 0 Å². The molecule has 0 saturated heterocycles. The Hall–Kier alpha value is -1.32. The minimum atomic E-state index is 0.300. The van der Waals surface area contributed by atoms with Crippen LogP contribution in [0.1, 0.15) is 18.9 Å². The minimum absolute atomic E-state index is 0.300. The molecule has 16 heavy (non-hydrogen) atoms. The summed E-state index contributed by atoms with van der Waals surface area (Å²) in [4.78, 5) is 2.13. The maximum atomic E-state index is 8.91. The van der Waals surface area contributed by atoms with Crippen molar-refractivity contribution in [2.75, 3.05) is 31.7 Å². The third kappa shape index (κ3) is 3.36. The second-order valence-electron chi connectivity index (χ2n) is 4.02. The summed E-state index contributed by atoms with van der Waals surface area (Å²) in [5.74, 6) is 0.315. The predicted octanol–water partition coefficient (Wildman–Crippen LogP) is 1.35. The van der Waals surface area contributed by atoms with Gasteiger partial charge in [0.25, 0.3) is 0 Å². The Bertz CT molecular complexity index is 379. The summed E-state index contributed by atoms with van der Waals surface area (Å²) in [6, 6.07) is 2.36. The molecule has 0 fully saturated rings. The first-order valence-corrected chi connectivity index (χ1v) is 5.88. The number of nitrogen functional groups attached to an aromatic ring is 1. The van der Waals surface area contributed by atoms with E-state index in [0.717, 1.165) is 18.0 Å². The van der Waals surface area contributed by atoms with Gasteiger partial charge in [-0.3, -0.25) is 0 Å². The number of hydrogen-bond donors (Lipinski definition) is 2. The van der Waals surface area contributed by atoms with Crippen LogP contribution in [0.5, 0.6) is 0 Å². The largest absolute Gasteiger partial charge is 0.382 e. The molecule has 0 aliphatic heterocycles. The van der Waals surface area contributed by atoms with Crippen LogP contribution in [0.15, 0.2) is 0 Å². The molecule has 0 saturated carbocycles. The van der Waals surface area contributed by atoms with Crippen LogP contribution in [0, 0.1) is 11.3 Å². The van der Waals surface area contributed by atoms with Crippen LogP contribution in [-0.2, 0) is 0 Å². The first-order valence-electron chi connectivity index (χ1n) is 5.11. The fraction of sp³-hybridized carbons (Fsp3) is 0.600. The molecule has 0 amide bonds. The molecule has 1 rings (SSSR count). The molecular weight excluding hydrogens is 222 g/mol. The molecular formula is C10H17N5S. The summed E-state index contributed by atoms with van der Waals surface area (Å²) in [5.41, 5.74) is 6.04. The topological polar surface area (TPSA) is 78.0 Å². The van der Waals surface area contributed by atoms with Crippen LogP contribution in [0.4, 0.5) is 10.8 Å². The average Bonchev–Trinajstić information content (AvgIpc) is 2.56. The fourth-order valence-corrected chi connectivity index (χ4v) is 2.03. The number of nitrogens with zero attached hydrogens (tertiary/aromatic N) is 3. The van der Waals surface area contributed by atoms with Crippen LogP contribution >= 0.6 is 11.5 Å². The number of rotatable bonds is 5. The molecule has 1 aromatic heterocycles. The number of nitrogens with one attached hydrogen (secondary N) is 1. The summed E-state index contributed by atoms with van der Waals surface area (Å²) in [6.45, 7) is 3.09. The summed E-state index contributed by atoms with van der Waals surface area (Å²) in [5, 5.41) is 12.9. The lowest BCUT2D eigenvalue weighted by atomic mass is 10.2. The van der Waals surface area contributed by atoms with E-state index in [1.807, 2.05) is 14.1 Å². The van der Waals surface area contributed by atoms with Crippen molar-refractivity contribution in [2.45, 2.75) is 19.4 Å². The van der Waals surface area contributed by atoms with Crippen molar-refractivity contribution < 1.29 is 0 Å². The van der Waals surface area contributed by atoms with Gasteiger partial charge in [-0.15, -0.1) is 0 Å². The molecule has 88 valence electrons. The molecule has 5 nitrogen and oxygen atoms in total. The highest BCUT2D eigenvalue weighted by molar-refractivity contribution is 7.10. The molecule has 0 spiro atoms. The van der Waals surface area contributed by atoms with Crippen molar-refractivity contribution in [1.82, 2.24) is 9.27 Å². The molecule has 3 N–H and O–H groups in total. The van der Waals surface area contributed by atoms with E-state index >= 15 is 0 Å². The van der Waals surface area contributed by atoms with E-state index in [0.29, 0.717) is 17.4 Å². The smallest absolute Gasteiger partial charge is 0.157 e. The zero-order chi connectivity index (χ0) is 12.1. The van der Waals surface area contributed by atoms with Crippen molar-refractivity contribution in [1.29, 1.82) is 5.26 Å². The van der Waals surface area contributed by atoms with Gasteiger partial charge in [0.15, 0.2) is 5.82 Å². The number of anilines is 2. The molecule has 0 aromatic carbocycles. The SMILES string of the molecule is CC(CCN(C)C)Nc1snc(N)c1C#N. The van der Waals surface area contributed by atoms with E-state index in [-0.39, 0.29) is 0 Å². The molecule has 6 heteroatoms. The van der Waals surface area contributed by atoms with E-state index in [9.17, 15) is 0 Å². The standard InChI is InChI=1S/C10H17N5S/c1-7(4-5-15(2)3)13-10-8(6-11)9(12)14-16-10/h7,13H,4-5H2,1-3H3,(H2,12,14). The van der Waals surface area contributed by atoms with Crippen LogP contribution in [0.25, 0.3) is 0 Å². The normalized spacial score (nSPS) is 12.4. The Morgan fingerprint density at radius 3 is 2.88 bits per heavy atom. The van der Waals surface area contributed by atoms with Crippen LogP contribution in [0.3, 0.4) is 0 Å². The first-order chi connectivity index (χ1) is 7.54. The zero-order valence-corrected chi connectivity index (χ0v) is 10.6. The van der Waals surface area contributed by atoms with E-state index in [1.54, 1.807) is 0 Å². The maximum absolute atomic E-state index is 8.91. The quantitative estimate of drug-likeness (QED) is 0.811. The van der Waals surface area contributed by atoms with Gasteiger partial charge in [0.05, 0.1) is 0 Å². The highest BCUT2D eigenvalue weighted by Gasteiger charge is 2.12. The zero-order valence-electron chi connectivity index (χ0n) is 9.82. The van der Waals surface area contributed by atoms with Gasteiger partial charge in [0, 0.05) is 6.04 Å². The van der Waals surface area contributed by atoms with Gasteiger partial charge in [-0.05, 0) is 45.5 Å². The van der Waals surface area contributed by atoms with Crippen LogP contribution in [-0.4, -0.2) is 36.0 Å². The van der Waals surface area contributed by atoms with E-state index < -0.39 is 0 Å². The highest BCUT2D eigenvalue weighted by atomic mass is 32.1. The number of aromatic nitrogens is 1. The summed E-state index contributed by atoms with van der Waals surface area (Å²) < 4.78 is 3.96. The predicted molar refractivity (Wildman–Crippen MR) is 67.5 cm³/mol. The van der Waals surface area contributed by atoms with Crippen molar-refractivity contribution in [2.24, 2.45) is 0 Å². The first kappa shape index (κ1) is 12.7. The molecule has 1 aromatic rings. The second-order valence-corrected chi connectivity index (χ2v) is 4.79. The Balaban J connectivity index is 2.56. The van der Waals surface area contributed by atoms with Gasteiger partial charge in [0.1, 0.15) is 16.6 Å². The lowest BCUT2D eigenvalue weighted by molar-refractivity contribution is 0.390. The minimum Gasteiger partial charge on any atom is -0.382 e. The van der Waals surface area contributed by atoms with Crippen molar-refractivity contribution >= 4 is 22.4 Å². The molecule has 1 heterocycles. The van der Waals surface area contributed by atoms with Crippen molar-refractivity contribution in [3.8, 4) is 6.07 Å². The van der Waals surface area contributed by atoms with Crippen LogP contribution < -0.4 is 11.1 Å². The third-order valence-corrected chi connectivity index (χ3v) is 3.01. The lowest BCUT2D eigenvalue weighted by Crippen LogP contribution is -2.22. The number of hydrogen-bond acceptors (Lipinski definition) is 6. The molecule has 0 radical (unpaired) electrons. The number of nitrogens with two attached hydrogens (primary N) is 1. The Morgan fingerprint density at radius 2 is 2.31 bits per heavy atom. The van der Waals surface area contributed by atoms with Gasteiger partial charge in [0.2, 0.25) is 0 Å². The van der Waals surface area contributed by atoms with E-state index in [2.05, 4.69) is 27.6 Å². The highest BCUT2D eigenvalue weighted by Crippen LogP contribution is 2.26.